The van der Waals surface area contributed by atoms with E-state index in [1.54, 1.807) is 32.4 Å². The molecule has 1 aliphatic rings. The fourth-order valence-electron chi connectivity index (χ4n) is 4.25. The molecule has 34 heavy (non-hydrogen) atoms. The zero-order chi connectivity index (χ0) is 24.1. The highest BCUT2D eigenvalue weighted by Gasteiger charge is 2.31. The first-order chi connectivity index (χ1) is 16.5. The monoisotopic (exact) mass is 479 g/mol. The van der Waals surface area contributed by atoms with Crippen LogP contribution in [-0.2, 0) is 11.2 Å². The predicted molar refractivity (Wildman–Crippen MR) is 130 cm³/mol. The summed E-state index contributed by atoms with van der Waals surface area (Å²) in [6.07, 6.45) is 0.751. The number of carbonyl (C=O) groups is 2. The van der Waals surface area contributed by atoms with Crippen LogP contribution in [0.3, 0.4) is 0 Å². The Morgan fingerprint density at radius 3 is 2.41 bits per heavy atom. The smallest absolute Gasteiger partial charge is 0.269 e. The van der Waals surface area contributed by atoms with Crippen LogP contribution in [0.1, 0.15) is 33.1 Å². The van der Waals surface area contributed by atoms with Crippen molar-refractivity contribution in [3.8, 4) is 11.5 Å². The van der Waals surface area contributed by atoms with Gasteiger partial charge in [0.1, 0.15) is 0 Å². The van der Waals surface area contributed by atoms with E-state index in [1.165, 1.54) is 6.07 Å². The number of nitrogens with zero attached hydrogens (tertiary/aromatic N) is 1. The van der Waals surface area contributed by atoms with Gasteiger partial charge in [-0.25, -0.2) is 0 Å². The first-order valence-corrected chi connectivity index (χ1v) is 11.3. The first kappa shape index (κ1) is 23.6. The summed E-state index contributed by atoms with van der Waals surface area (Å²) in [7, 11) is 3.23. The number of nitrogens with one attached hydrogen (secondary N) is 2. The van der Waals surface area contributed by atoms with E-state index >= 15 is 0 Å². The average molecular weight is 480 g/mol. The number of hydrogen-bond donors (Lipinski definition) is 2. The van der Waals surface area contributed by atoms with Crippen molar-refractivity contribution >= 4 is 23.4 Å². The van der Waals surface area contributed by atoms with Crippen molar-refractivity contribution in [1.29, 1.82) is 0 Å². The maximum atomic E-state index is 12.8. The van der Waals surface area contributed by atoms with Crippen molar-refractivity contribution in [2.75, 3.05) is 27.3 Å². The van der Waals surface area contributed by atoms with Crippen molar-refractivity contribution in [3.63, 3.8) is 0 Å². The molecule has 0 bridgehead atoms. The number of rotatable bonds is 6. The first-order valence-electron chi connectivity index (χ1n) is 10.9. The molecule has 0 aromatic heterocycles. The molecule has 2 N–H and O–H groups in total. The minimum absolute atomic E-state index is 0.100. The maximum absolute atomic E-state index is 12.8. The molecule has 0 saturated heterocycles. The molecule has 3 aromatic carbocycles. The van der Waals surface area contributed by atoms with Crippen LogP contribution in [0.2, 0.25) is 5.02 Å². The van der Waals surface area contributed by atoms with Gasteiger partial charge in [-0.1, -0.05) is 48.0 Å². The Morgan fingerprint density at radius 2 is 1.71 bits per heavy atom. The third kappa shape index (κ3) is 5.16. The summed E-state index contributed by atoms with van der Waals surface area (Å²) < 4.78 is 11.0. The van der Waals surface area contributed by atoms with Crippen LogP contribution >= 0.6 is 11.6 Å². The molecule has 0 saturated carbocycles. The van der Waals surface area contributed by atoms with Crippen LogP contribution in [0.25, 0.3) is 0 Å². The number of ether oxygens (including phenoxy) is 2. The van der Waals surface area contributed by atoms with Crippen LogP contribution < -0.4 is 20.3 Å². The van der Waals surface area contributed by atoms with E-state index < -0.39 is 5.91 Å². The van der Waals surface area contributed by atoms with E-state index in [0.717, 1.165) is 23.1 Å². The van der Waals surface area contributed by atoms with Crippen LogP contribution in [0.5, 0.6) is 11.5 Å². The molecule has 2 amide bonds. The van der Waals surface area contributed by atoms with Gasteiger partial charge in [0.25, 0.3) is 11.8 Å². The standard InChI is InChI=1S/C26H26ClN3O4/c1-33-22-14-18-11-12-30(16-24(31)28-29-26(32)19-9-6-10-20(27)13-19)25(17-7-4-3-5-8-17)21(18)15-23(22)34-2/h3-10,13-15,25H,11-12,16H2,1-2H3,(H,28,31)(H,29,32). The lowest BCUT2D eigenvalue weighted by Crippen LogP contribution is -2.48. The molecule has 0 spiro atoms. The van der Waals surface area contributed by atoms with Gasteiger partial charge < -0.3 is 9.47 Å². The van der Waals surface area contributed by atoms with Gasteiger partial charge >= 0.3 is 0 Å². The fraction of sp³-hybridized carbons (Fsp3) is 0.231. The van der Waals surface area contributed by atoms with Crippen LogP contribution in [-0.4, -0.2) is 44.0 Å². The number of hydrazine groups is 1. The molecule has 1 unspecified atom stereocenters. The molecule has 1 atom stereocenters. The molecule has 4 rings (SSSR count). The van der Waals surface area contributed by atoms with E-state index in [-0.39, 0.29) is 18.5 Å². The van der Waals surface area contributed by atoms with Crippen LogP contribution in [0.15, 0.2) is 66.7 Å². The molecule has 176 valence electrons. The Balaban J connectivity index is 1.54. The number of methoxy groups -OCH3 is 2. The van der Waals surface area contributed by atoms with E-state index in [2.05, 4.69) is 15.8 Å². The molecule has 0 aliphatic carbocycles. The minimum atomic E-state index is -0.434. The third-order valence-corrected chi connectivity index (χ3v) is 6.07. The fourth-order valence-corrected chi connectivity index (χ4v) is 4.44. The van der Waals surface area contributed by atoms with Crippen molar-refractivity contribution in [2.45, 2.75) is 12.5 Å². The average Bonchev–Trinajstić information content (AvgIpc) is 2.86. The molecule has 8 heteroatoms. The second-order valence-electron chi connectivity index (χ2n) is 7.95. The summed E-state index contributed by atoms with van der Waals surface area (Å²) in [6.45, 7) is 0.765. The van der Waals surface area contributed by atoms with Gasteiger partial charge in [-0.2, -0.15) is 0 Å². The van der Waals surface area contributed by atoms with Crippen molar-refractivity contribution in [3.05, 3.63) is 94.0 Å². The second-order valence-corrected chi connectivity index (χ2v) is 8.39. The van der Waals surface area contributed by atoms with Gasteiger partial charge in [0.2, 0.25) is 0 Å². The molecule has 1 aliphatic heterocycles. The summed E-state index contributed by atoms with van der Waals surface area (Å²) >= 11 is 5.95. The topological polar surface area (TPSA) is 79.9 Å². The lowest BCUT2D eigenvalue weighted by atomic mass is 9.87. The van der Waals surface area contributed by atoms with Crippen molar-refractivity contribution in [1.82, 2.24) is 15.8 Å². The molecule has 1 heterocycles. The largest absolute Gasteiger partial charge is 0.493 e. The maximum Gasteiger partial charge on any atom is 0.269 e. The summed E-state index contributed by atoms with van der Waals surface area (Å²) in [5.74, 6) is 0.571. The molecule has 7 nitrogen and oxygen atoms in total. The summed E-state index contributed by atoms with van der Waals surface area (Å²) in [5, 5.41) is 0.448. The van der Waals surface area contributed by atoms with Crippen LogP contribution in [0.4, 0.5) is 0 Å². The lowest BCUT2D eigenvalue weighted by Gasteiger charge is -2.37. The normalized spacial score (nSPS) is 15.2. The Labute approximate surface area is 203 Å². The third-order valence-electron chi connectivity index (χ3n) is 5.84. The van der Waals surface area contributed by atoms with Crippen molar-refractivity contribution < 1.29 is 19.1 Å². The molecular weight excluding hydrogens is 454 g/mol. The molecule has 0 radical (unpaired) electrons. The second kappa shape index (κ2) is 10.6. The highest BCUT2D eigenvalue weighted by molar-refractivity contribution is 6.30. The minimum Gasteiger partial charge on any atom is -0.493 e. The van der Waals surface area contributed by atoms with E-state index in [4.69, 9.17) is 21.1 Å². The number of benzene rings is 3. The van der Waals surface area contributed by atoms with E-state index in [9.17, 15) is 9.59 Å². The number of halogens is 1. The number of amides is 2. The Morgan fingerprint density at radius 1 is 0.971 bits per heavy atom. The molecule has 3 aromatic rings. The zero-order valence-corrected chi connectivity index (χ0v) is 19.8. The van der Waals surface area contributed by atoms with E-state index in [0.29, 0.717) is 28.6 Å². The predicted octanol–water partition coefficient (Wildman–Crippen LogP) is 3.77. The van der Waals surface area contributed by atoms with Gasteiger partial charge in [-0.15, -0.1) is 0 Å². The summed E-state index contributed by atoms with van der Waals surface area (Å²) in [4.78, 5) is 27.2. The Hall–Kier alpha value is -3.55. The number of fused-ring (bicyclic) bond motifs is 1. The van der Waals surface area contributed by atoms with Crippen LogP contribution in [0, 0.1) is 0 Å². The number of carbonyl (C=O) groups excluding carboxylic acids is 2. The van der Waals surface area contributed by atoms with Gasteiger partial charge in [-0.05, 0) is 53.4 Å². The quantitative estimate of drug-likeness (QED) is 0.526. The van der Waals surface area contributed by atoms with E-state index in [1.807, 2.05) is 42.5 Å². The Bertz CT molecular complexity index is 1190. The van der Waals surface area contributed by atoms with Gasteiger partial charge in [0, 0.05) is 17.1 Å². The van der Waals surface area contributed by atoms with Gasteiger partial charge in [0.15, 0.2) is 11.5 Å². The highest BCUT2D eigenvalue weighted by atomic mass is 35.5. The molecular formula is C26H26ClN3O4. The van der Waals surface area contributed by atoms with Gasteiger partial charge in [-0.3, -0.25) is 25.3 Å². The zero-order valence-electron chi connectivity index (χ0n) is 19.0. The highest BCUT2D eigenvalue weighted by Crippen LogP contribution is 2.40. The summed E-state index contributed by atoms with van der Waals surface area (Å²) in [5.41, 5.74) is 8.62. The molecule has 0 fully saturated rings. The SMILES string of the molecule is COc1cc2c(cc1OC)C(c1ccccc1)N(CC(=O)NNC(=O)c1cccc(Cl)c1)CC2. The van der Waals surface area contributed by atoms with Gasteiger partial charge in [0.05, 0.1) is 26.8 Å². The number of hydrogen-bond acceptors (Lipinski definition) is 5. The van der Waals surface area contributed by atoms with Crippen molar-refractivity contribution in [2.24, 2.45) is 0 Å². The Kier molecular flexibility index (Phi) is 7.35. The summed E-state index contributed by atoms with van der Waals surface area (Å²) in [6, 6.07) is 20.4. The lowest BCUT2D eigenvalue weighted by molar-refractivity contribution is -0.123.